The van der Waals surface area contributed by atoms with Gasteiger partial charge in [-0.1, -0.05) is 0 Å². The van der Waals surface area contributed by atoms with Crippen LogP contribution in [0, 0.1) is 0 Å². The Morgan fingerprint density at radius 2 is 2.17 bits per heavy atom. The first kappa shape index (κ1) is 15.5. The Morgan fingerprint density at radius 1 is 1.35 bits per heavy atom. The van der Waals surface area contributed by atoms with Crippen LogP contribution in [-0.2, 0) is 18.3 Å². The van der Waals surface area contributed by atoms with Crippen LogP contribution < -0.4 is 10.6 Å². The molecule has 7 heteroatoms. The van der Waals surface area contributed by atoms with Crippen LogP contribution in [0.4, 0.5) is 4.79 Å². The lowest BCUT2D eigenvalue weighted by Gasteiger charge is -2.32. The number of nitrogens with zero attached hydrogens (tertiary/aromatic N) is 3. The van der Waals surface area contributed by atoms with Gasteiger partial charge in [0.05, 0.1) is 18.3 Å². The van der Waals surface area contributed by atoms with E-state index in [1.165, 1.54) is 0 Å². The number of pyridine rings is 1. The normalized spacial score (nSPS) is 20.9. The van der Waals surface area contributed by atoms with E-state index in [-0.39, 0.29) is 18.2 Å². The molecular weight excluding hydrogens is 294 g/mol. The fourth-order valence-corrected chi connectivity index (χ4v) is 2.78. The molecule has 2 atom stereocenters. The minimum Gasteiger partial charge on any atom is -0.371 e. The van der Waals surface area contributed by atoms with E-state index < -0.39 is 0 Å². The summed E-state index contributed by atoms with van der Waals surface area (Å²) in [6.45, 7) is 1.15. The zero-order valence-electron chi connectivity index (χ0n) is 13.1. The van der Waals surface area contributed by atoms with Gasteiger partial charge in [0.25, 0.3) is 0 Å². The Hall–Kier alpha value is -2.41. The number of rotatable bonds is 4. The van der Waals surface area contributed by atoms with Crippen molar-refractivity contribution in [3.8, 4) is 0 Å². The van der Waals surface area contributed by atoms with Crippen molar-refractivity contribution in [2.75, 3.05) is 6.61 Å². The van der Waals surface area contributed by atoms with Crippen LogP contribution in [0.3, 0.4) is 0 Å². The molecule has 0 aliphatic carbocycles. The van der Waals surface area contributed by atoms with Crippen LogP contribution in [0.25, 0.3) is 0 Å². The molecule has 1 aliphatic rings. The highest BCUT2D eigenvalue weighted by Crippen LogP contribution is 2.27. The Morgan fingerprint density at radius 3 is 2.91 bits per heavy atom. The van der Waals surface area contributed by atoms with Gasteiger partial charge in [-0.05, 0) is 36.6 Å². The molecule has 0 saturated carbocycles. The Bertz CT molecular complexity index is 643. The van der Waals surface area contributed by atoms with Gasteiger partial charge in [-0.3, -0.25) is 9.67 Å². The molecule has 3 rings (SSSR count). The average molecular weight is 315 g/mol. The number of hydrogen-bond donors (Lipinski definition) is 2. The molecule has 0 radical (unpaired) electrons. The number of carbonyl (C=O) groups is 1. The smallest absolute Gasteiger partial charge is 0.315 e. The van der Waals surface area contributed by atoms with E-state index in [2.05, 4.69) is 20.7 Å². The number of amides is 2. The molecule has 23 heavy (non-hydrogen) atoms. The maximum Gasteiger partial charge on any atom is 0.315 e. The molecule has 1 fully saturated rings. The number of aromatic nitrogens is 3. The van der Waals surface area contributed by atoms with Gasteiger partial charge in [0.15, 0.2) is 0 Å². The van der Waals surface area contributed by atoms with E-state index in [1.54, 1.807) is 23.3 Å². The van der Waals surface area contributed by atoms with Gasteiger partial charge in [0.1, 0.15) is 6.10 Å². The summed E-state index contributed by atoms with van der Waals surface area (Å²) in [5.41, 5.74) is 1.99. The SMILES string of the molecule is Cn1nccc1CNC(=O)N[C@H]1CCCO[C@@H]1c1ccncc1. The van der Waals surface area contributed by atoms with E-state index in [1.807, 2.05) is 25.2 Å². The molecule has 2 aromatic heterocycles. The van der Waals surface area contributed by atoms with Crippen molar-refractivity contribution in [3.05, 3.63) is 48.0 Å². The minimum atomic E-state index is -0.194. The molecule has 0 spiro atoms. The Kier molecular flexibility index (Phi) is 4.87. The van der Waals surface area contributed by atoms with Gasteiger partial charge in [-0.25, -0.2) is 4.79 Å². The minimum absolute atomic E-state index is 0.0438. The molecule has 1 saturated heterocycles. The van der Waals surface area contributed by atoms with Crippen molar-refractivity contribution >= 4 is 6.03 Å². The van der Waals surface area contributed by atoms with Crippen molar-refractivity contribution in [2.24, 2.45) is 7.05 Å². The summed E-state index contributed by atoms with van der Waals surface area (Å²) in [4.78, 5) is 16.2. The zero-order chi connectivity index (χ0) is 16.1. The summed E-state index contributed by atoms with van der Waals surface area (Å²) in [5, 5.41) is 9.97. The first-order valence-corrected chi connectivity index (χ1v) is 7.77. The third-order valence-corrected chi connectivity index (χ3v) is 4.03. The molecule has 0 bridgehead atoms. The van der Waals surface area contributed by atoms with Crippen LogP contribution in [0.2, 0.25) is 0 Å². The summed E-state index contributed by atoms with van der Waals surface area (Å²) < 4.78 is 7.60. The lowest BCUT2D eigenvalue weighted by molar-refractivity contribution is -0.00747. The van der Waals surface area contributed by atoms with E-state index in [9.17, 15) is 4.79 Å². The van der Waals surface area contributed by atoms with Gasteiger partial charge in [-0.2, -0.15) is 5.10 Å². The lowest BCUT2D eigenvalue weighted by atomic mass is 9.97. The largest absolute Gasteiger partial charge is 0.371 e. The van der Waals surface area contributed by atoms with Crippen molar-refractivity contribution < 1.29 is 9.53 Å². The zero-order valence-corrected chi connectivity index (χ0v) is 13.1. The third-order valence-electron chi connectivity index (χ3n) is 4.03. The summed E-state index contributed by atoms with van der Waals surface area (Å²) >= 11 is 0. The summed E-state index contributed by atoms with van der Waals surface area (Å²) in [6.07, 6.45) is 6.90. The van der Waals surface area contributed by atoms with Crippen molar-refractivity contribution in [1.29, 1.82) is 0 Å². The third kappa shape index (κ3) is 3.87. The monoisotopic (exact) mass is 315 g/mol. The van der Waals surface area contributed by atoms with Crippen LogP contribution in [0.1, 0.15) is 30.2 Å². The second-order valence-corrected chi connectivity index (χ2v) is 5.59. The molecule has 3 heterocycles. The topological polar surface area (TPSA) is 81.1 Å². The van der Waals surface area contributed by atoms with Crippen LogP contribution >= 0.6 is 0 Å². The molecule has 0 unspecified atom stereocenters. The maximum absolute atomic E-state index is 12.2. The van der Waals surface area contributed by atoms with Crippen molar-refractivity contribution in [1.82, 2.24) is 25.4 Å². The van der Waals surface area contributed by atoms with E-state index in [4.69, 9.17) is 4.74 Å². The molecule has 0 aromatic carbocycles. The number of carbonyl (C=O) groups excluding carboxylic acids is 1. The number of urea groups is 1. The molecule has 2 amide bonds. The molecular formula is C16H21N5O2. The number of aryl methyl sites for hydroxylation is 1. The molecule has 122 valence electrons. The standard InChI is InChI=1S/C16H21N5O2/c1-21-13(6-9-19-21)11-18-16(22)20-14-3-2-10-23-15(14)12-4-7-17-8-5-12/h4-9,14-15H,2-3,10-11H2,1H3,(H2,18,20,22)/t14-,15+/m0/s1. The molecule has 2 N–H and O–H groups in total. The van der Waals surface area contributed by atoms with Gasteiger partial charge in [-0.15, -0.1) is 0 Å². The Labute approximate surface area is 135 Å². The number of hydrogen-bond acceptors (Lipinski definition) is 4. The fourth-order valence-electron chi connectivity index (χ4n) is 2.78. The fraction of sp³-hybridized carbons (Fsp3) is 0.438. The summed E-state index contributed by atoms with van der Waals surface area (Å²) in [5.74, 6) is 0. The highest BCUT2D eigenvalue weighted by molar-refractivity contribution is 5.74. The summed E-state index contributed by atoms with van der Waals surface area (Å²) in [7, 11) is 1.85. The second kappa shape index (κ2) is 7.23. The highest BCUT2D eigenvalue weighted by Gasteiger charge is 2.28. The molecule has 1 aliphatic heterocycles. The lowest BCUT2D eigenvalue weighted by Crippen LogP contribution is -2.47. The van der Waals surface area contributed by atoms with Crippen molar-refractivity contribution in [3.63, 3.8) is 0 Å². The number of ether oxygens (including phenoxy) is 1. The van der Waals surface area contributed by atoms with E-state index in [0.29, 0.717) is 13.2 Å². The van der Waals surface area contributed by atoms with Gasteiger partial charge < -0.3 is 15.4 Å². The van der Waals surface area contributed by atoms with E-state index in [0.717, 1.165) is 24.1 Å². The van der Waals surface area contributed by atoms with Crippen LogP contribution in [0.15, 0.2) is 36.8 Å². The molecule has 7 nitrogen and oxygen atoms in total. The average Bonchev–Trinajstić information content (AvgIpc) is 2.99. The predicted octanol–water partition coefficient (Wildman–Crippen LogP) is 1.53. The quantitative estimate of drug-likeness (QED) is 0.896. The maximum atomic E-state index is 12.2. The first-order valence-electron chi connectivity index (χ1n) is 7.77. The van der Waals surface area contributed by atoms with Gasteiger partial charge in [0, 0.05) is 32.2 Å². The van der Waals surface area contributed by atoms with Gasteiger partial charge >= 0.3 is 6.03 Å². The number of nitrogens with one attached hydrogen (secondary N) is 2. The predicted molar refractivity (Wildman–Crippen MR) is 84.5 cm³/mol. The summed E-state index contributed by atoms with van der Waals surface area (Å²) in [6, 6.07) is 5.50. The Balaban J connectivity index is 1.58. The van der Waals surface area contributed by atoms with Gasteiger partial charge in [0.2, 0.25) is 0 Å². The highest BCUT2D eigenvalue weighted by atomic mass is 16.5. The van der Waals surface area contributed by atoms with E-state index >= 15 is 0 Å². The molecule has 2 aromatic rings. The van der Waals surface area contributed by atoms with Crippen LogP contribution in [0.5, 0.6) is 0 Å². The van der Waals surface area contributed by atoms with Crippen LogP contribution in [-0.4, -0.2) is 33.4 Å². The van der Waals surface area contributed by atoms with Crippen molar-refractivity contribution in [2.45, 2.75) is 31.5 Å². The second-order valence-electron chi connectivity index (χ2n) is 5.59. The first-order chi connectivity index (χ1) is 11.2.